The molecule has 2 aliphatic heterocycles. The van der Waals surface area contributed by atoms with Gasteiger partial charge in [-0.1, -0.05) is 68.3 Å². The Balaban J connectivity index is 0.000000152. The lowest BCUT2D eigenvalue weighted by Gasteiger charge is -2.18. The van der Waals surface area contributed by atoms with E-state index in [1.807, 2.05) is 24.3 Å². The molecule has 2 aliphatic rings. The van der Waals surface area contributed by atoms with E-state index in [9.17, 15) is 26.3 Å². The fraction of sp³-hybridized carbons (Fsp3) is 0.235. The van der Waals surface area contributed by atoms with Gasteiger partial charge >= 0.3 is 13.2 Å². The summed E-state index contributed by atoms with van der Waals surface area (Å²) >= 11 is 6.81. The number of fused-ring (bicyclic) bond motifs is 6. The molecule has 0 aliphatic carbocycles. The van der Waals surface area contributed by atoms with Gasteiger partial charge in [0.25, 0.3) is 0 Å². The molecule has 0 N–H and O–H groups in total. The van der Waals surface area contributed by atoms with Crippen LogP contribution in [0.1, 0.15) is 60.0 Å². The summed E-state index contributed by atoms with van der Waals surface area (Å²) in [6, 6.07) is 23.1. The molecule has 0 bridgehead atoms. The molecule has 2 aromatic heterocycles. The van der Waals surface area contributed by atoms with E-state index in [2.05, 4.69) is 51.3 Å². The first kappa shape index (κ1) is 32.5. The second kappa shape index (κ2) is 13.1. The minimum Gasteiger partial charge on any atom is -0.434 e. The van der Waals surface area contributed by atoms with Crippen LogP contribution in [0.3, 0.4) is 0 Å². The smallest absolute Gasteiger partial charge is 0.387 e. The number of ether oxygens (including phenoxy) is 2. The van der Waals surface area contributed by atoms with Crippen LogP contribution in [0, 0.1) is 0 Å². The molecule has 0 fully saturated rings. The van der Waals surface area contributed by atoms with E-state index in [-0.39, 0.29) is 24.3 Å². The van der Waals surface area contributed by atoms with E-state index >= 15 is 0 Å². The zero-order valence-electron chi connectivity index (χ0n) is 24.6. The first-order chi connectivity index (χ1) is 23.1. The molecule has 4 aromatic carbocycles. The summed E-state index contributed by atoms with van der Waals surface area (Å²) in [5.41, 5.74) is 3.92. The van der Waals surface area contributed by atoms with Crippen LogP contribution in [0.25, 0.3) is 22.1 Å². The highest BCUT2D eigenvalue weighted by atomic mass is 79.9. The van der Waals surface area contributed by atoms with Crippen LogP contribution >= 0.6 is 31.9 Å². The molecule has 4 atom stereocenters. The van der Waals surface area contributed by atoms with Gasteiger partial charge in [0, 0.05) is 32.9 Å². The van der Waals surface area contributed by atoms with Gasteiger partial charge in [-0.2, -0.15) is 17.6 Å². The number of nitrogens with zero attached hydrogens (tertiary/aromatic N) is 4. The number of imidazole rings is 2. The third kappa shape index (κ3) is 6.04. The van der Waals surface area contributed by atoms with Gasteiger partial charge in [-0.3, -0.25) is 0 Å². The second-order valence-corrected chi connectivity index (χ2v) is 13.0. The van der Waals surface area contributed by atoms with Crippen molar-refractivity contribution < 1.29 is 35.8 Å². The van der Waals surface area contributed by atoms with Gasteiger partial charge < -0.3 is 18.6 Å². The molecule has 0 unspecified atom stereocenters. The van der Waals surface area contributed by atoms with Crippen LogP contribution in [-0.4, -0.2) is 32.3 Å². The van der Waals surface area contributed by atoms with Gasteiger partial charge in [0.05, 0.1) is 34.2 Å². The molecule has 248 valence electrons. The zero-order chi connectivity index (χ0) is 33.7. The van der Waals surface area contributed by atoms with Crippen molar-refractivity contribution in [2.24, 2.45) is 0 Å². The van der Waals surface area contributed by atoms with Crippen molar-refractivity contribution in [2.75, 3.05) is 0 Å². The average molecular weight is 794 g/mol. The Hall–Kier alpha value is -4.04. The first-order valence-electron chi connectivity index (χ1n) is 14.8. The van der Waals surface area contributed by atoms with Crippen molar-refractivity contribution in [3.8, 4) is 11.5 Å². The normalized spacial score (nSPS) is 19.9. The lowest BCUT2D eigenvalue weighted by atomic mass is 10.0. The highest BCUT2D eigenvalue weighted by Gasteiger charge is 2.38. The van der Waals surface area contributed by atoms with Crippen LogP contribution in [-0.2, 0) is 0 Å². The molecule has 0 amide bonds. The third-order valence-electron chi connectivity index (χ3n) is 8.39. The lowest BCUT2D eigenvalue weighted by Crippen LogP contribution is -2.10. The van der Waals surface area contributed by atoms with Crippen molar-refractivity contribution in [3.05, 3.63) is 117 Å². The zero-order valence-corrected chi connectivity index (χ0v) is 27.8. The van der Waals surface area contributed by atoms with Gasteiger partial charge in [0.2, 0.25) is 0 Å². The summed E-state index contributed by atoms with van der Waals surface area (Å²) in [6.07, 6.45) is -2.20. The SMILES string of the molecule is FC(F)Oc1ccccc1[C@H]1C[C@@H](F)c2nc3ccc(Br)cc3n21.FC(F)Oc1ccccc1[C@H]1C[C@H](F)c2nc3ccc(Br)cc3n21. The van der Waals surface area contributed by atoms with E-state index in [1.165, 1.54) is 12.1 Å². The van der Waals surface area contributed by atoms with Crippen LogP contribution in [0.4, 0.5) is 26.3 Å². The highest BCUT2D eigenvalue weighted by Crippen LogP contribution is 2.47. The summed E-state index contributed by atoms with van der Waals surface area (Å²) < 4.78 is 94.2. The quantitative estimate of drug-likeness (QED) is 0.158. The van der Waals surface area contributed by atoms with Crippen molar-refractivity contribution in [1.29, 1.82) is 0 Å². The van der Waals surface area contributed by atoms with Crippen LogP contribution in [0.2, 0.25) is 0 Å². The maximum atomic E-state index is 14.5. The Bertz CT molecular complexity index is 1970. The number of alkyl halides is 6. The molecule has 8 rings (SSSR count). The fourth-order valence-electron chi connectivity index (χ4n) is 6.53. The van der Waals surface area contributed by atoms with Gasteiger partial charge in [0.15, 0.2) is 12.3 Å². The Morgan fingerprint density at radius 2 is 1.00 bits per heavy atom. The molecule has 6 nitrogen and oxygen atoms in total. The number of hydrogen-bond donors (Lipinski definition) is 0. The monoisotopic (exact) mass is 792 g/mol. The Morgan fingerprint density at radius 1 is 0.604 bits per heavy atom. The molecule has 14 heteroatoms. The number of para-hydroxylation sites is 2. The minimum atomic E-state index is -2.93. The topological polar surface area (TPSA) is 54.1 Å². The highest BCUT2D eigenvalue weighted by molar-refractivity contribution is 9.10. The predicted molar refractivity (Wildman–Crippen MR) is 174 cm³/mol. The van der Waals surface area contributed by atoms with Crippen LogP contribution < -0.4 is 9.47 Å². The molecule has 6 aromatic rings. The van der Waals surface area contributed by atoms with Gasteiger partial charge in [-0.15, -0.1) is 0 Å². The number of halogens is 8. The minimum absolute atomic E-state index is 0.0643. The van der Waals surface area contributed by atoms with E-state index in [1.54, 1.807) is 57.7 Å². The van der Waals surface area contributed by atoms with Gasteiger partial charge in [0.1, 0.15) is 23.1 Å². The number of hydrogen-bond acceptors (Lipinski definition) is 4. The molecule has 48 heavy (non-hydrogen) atoms. The summed E-state index contributed by atoms with van der Waals surface area (Å²) in [5.74, 6) is 0.767. The van der Waals surface area contributed by atoms with Crippen molar-refractivity contribution in [1.82, 2.24) is 19.1 Å². The largest absolute Gasteiger partial charge is 0.434 e. The molecule has 0 spiro atoms. The molecular weight excluding hydrogens is 770 g/mol. The van der Waals surface area contributed by atoms with Crippen LogP contribution in [0.5, 0.6) is 11.5 Å². The van der Waals surface area contributed by atoms with E-state index in [4.69, 9.17) is 0 Å². The Labute approximate surface area is 286 Å². The number of rotatable bonds is 6. The molecule has 0 radical (unpaired) electrons. The maximum Gasteiger partial charge on any atom is 0.387 e. The van der Waals surface area contributed by atoms with Crippen molar-refractivity contribution >= 4 is 53.9 Å². The summed E-state index contributed by atoms with van der Waals surface area (Å²) in [5, 5.41) is 0. The third-order valence-corrected chi connectivity index (χ3v) is 9.38. The summed E-state index contributed by atoms with van der Waals surface area (Å²) in [6.45, 7) is -5.86. The molecular formula is C34H24Br2F6N4O2. The first-order valence-corrected chi connectivity index (χ1v) is 16.4. The fourth-order valence-corrected chi connectivity index (χ4v) is 7.23. The molecule has 0 saturated heterocycles. The van der Waals surface area contributed by atoms with Gasteiger partial charge in [-0.25, -0.2) is 18.7 Å². The molecule has 0 saturated carbocycles. The van der Waals surface area contributed by atoms with Crippen LogP contribution in [0.15, 0.2) is 93.9 Å². The second-order valence-electron chi connectivity index (χ2n) is 11.2. The number of benzene rings is 4. The lowest BCUT2D eigenvalue weighted by molar-refractivity contribution is -0.0513. The van der Waals surface area contributed by atoms with E-state index in [0.29, 0.717) is 33.8 Å². The van der Waals surface area contributed by atoms with Gasteiger partial charge in [-0.05, 0) is 48.5 Å². The summed E-state index contributed by atoms with van der Waals surface area (Å²) in [4.78, 5) is 8.72. The molecule has 4 heterocycles. The van der Waals surface area contributed by atoms with E-state index < -0.39 is 37.7 Å². The summed E-state index contributed by atoms with van der Waals surface area (Å²) in [7, 11) is 0. The predicted octanol–water partition coefficient (Wildman–Crippen LogP) is 10.8. The standard InChI is InChI=1S/2C17H12BrF3N2O/c2*18-9-5-6-12-14(7-9)23-13(8-11(19)16(23)22-12)10-3-1-2-4-15(10)24-17(20)21/h2*1-7,11,13,17H,8H2/t11-,13+;11-,13-/m01/s1. The van der Waals surface area contributed by atoms with E-state index in [0.717, 1.165) is 20.0 Å². The maximum absolute atomic E-state index is 14.5. The Kier molecular flexibility index (Phi) is 8.88. The Morgan fingerprint density at radius 3 is 1.40 bits per heavy atom. The van der Waals surface area contributed by atoms with Crippen molar-refractivity contribution in [3.63, 3.8) is 0 Å². The van der Waals surface area contributed by atoms with Crippen molar-refractivity contribution in [2.45, 2.75) is 50.5 Å². The average Bonchev–Trinajstić information content (AvgIpc) is 3.78. The number of aromatic nitrogens is 4.